The molecule has 1 N–H and O–H groups in total. The average Bonchev–Trinajstić information content (AvgIpc) is 2.42. The van der Waals surface area contributed by atoms with Crippen LogP contribution < -0.4 is 0 Å². The van der Waals surface area contributed by atoms with Crippen molar-refractivity contribution >= 4 is 16.7 Å². The van der Waals surface area contributed by atoms with E-state index in [2.05, 4.69) is 18.8 Å². The fourth-order valence-electron chi connectivity index (χ4n) is 1.51. The molecule has 1 rings (SSSR count). The van der Waals surface area contributed by atoms with E-state index in [1.807, 2.05) is 42.7 Å². The first-order chi connectivity index (χ1) is 8.77. The van der Waals surface area contributed by atoms with Crippen molar-refractivity contribution in [2.75, 3.05) is 6.26 Å². The fraction of sp³-hybridized carbons (Fsp3) is 0.375. The van der Waals surface area contributed by atoms with Crippen LogP contribution in [-0.4, -0.2) is 17.5 Å². The third-order valence-electron chi connectivity index (χ3n) is 2.49. The van der Waals surface area contributed by atoms with Crippen LogP contribution in [0.3, 0.4) is 0 Å². The van der Waals surface area contributed by atoms with Gasteiger partial charge in [0.25, 0.3) is 0 Å². The molecule has 0 aliphatic carbocycles. The number of aliphatic hydroxyl groups excluding tert-OH is 1. The highest BCUT2D eigenvalue weighted by Crippen LogP contribution is 2.25. The van der Waals surface area contributed by atoms with Gasteiger partial charge in [0.2, 0.25) is 0 Å². The lowest BCUT2D eigenvalue weighted by molar-refractivity contribution is 0.281. The number of hydrogen-bond acceptors (Lipinski definition) is 2. The Balaban J connectivity index is 2.69. The Bertz CT molecular complexity index is 425. The Kier molecular flexibility index (Phi) is 7.32. The van der Waals surface area contributed by atoms with Gasteiger partial charge in [0.05, 0.1) is 0 Å². The van der Waals surface area contributed by atoms with Crippen LogP contribution in [0.2, 0.25) is 0 Å². The largest absolute Gasteiger partial charge is 0.377 e. The molecule has 0 heterocycles. The lowest BCUT2D eigenvalue weighted by atomic mass is 10.2. The van der Waals surface area contributed by atoms with Crippen molar-refractivity contribution in [1.82, 2.24) is 0 Å². The normalized spacial score (nSPS) is 12.7. The summed E-state index contributed by atoms with van der Waals surface area (Å²) in [5.41, 5.74) is 1.12. The summed E-state index contributed by atoms with van der Waals surface area (Å²) in [6.07, 6.45) is 6.25. The molecule has 1 aromatic rings. The van der Waals surface area contributed by atoms with Gasteiger partial charge >= 0.3 is 0 Å². The first-order valence-corrected chi connectivity index (χ1v) is 7.48. The van der Waals surface area contributed by atoms with Crippen molar-refractivity contribution in [2.24, 2.45) is 0 Å². The second-order valence-corrected chi connectivity index (χ2v) is 4.82. The smallest absolute Gasteiger partial charge is 0.134 e. The second-order valence-electron chi connectivity index (χ2n) is 3.97. The zero-order valence-electron chi connectivity index (χ0n) is 11.0. The minimum atomic E-state index is -0.676. The molecule has 0 aliphatic rings. The number of hydrogen-bond donors (Lipinski definition) is 1. The Morgan fingerprint density at radius 2 is 2.11 bits per heavy atom. The predicted octanol–water partition coefficient (Wildman–Crippen LogP) is 3.95. The summed E-state index contributed by atoms with van der Waals surface area (Å²) < 4.78 is 0. The number of benzene rings is 1. The van der Waals surface area contributed by atoms with Crippen molar-refractivity contribution in [2.45, 2.75) is 32.3 Å². The molecular formula is C16H20OS. The maximum Gasteiger partial charge on any atom is 0.134 e. The summed E-state index contributed by atoms with van der Waals surface area (Å²) in [5.74, 6) is 5.88. The van der Waals surface area contributed by atoms with Crippen LogP contribution in [0.1, 0.15) is 31.7 Å². The van der Waals surface area contributed by atoms with E-state index in [1.54, 1.807) is 11.8 Å². The topological polar surface area (TPSA) is 20.2 Å². The summed E-state index contributed by atoms with van der Waals surface area (Å²) in [6, 6.07) is 10.1. The van der Waals surface area contributed by atoms with E-state index in [0.29, 0.717) is 0 Å². The lowest BCUT2D eigenvalue weighted by Gasteiger charge is -2.05. The van der Waals surface area contributed by atoms with Gasteiger partial charge in [-0.1, -0.05) is 49.6 Å². The molecule has 1 atom stereocenters. The highest BCUT2D eigenvalue weighted by Gasteiger charge is 2.02. The quantitative estimate of drug-likeness (QED) is 0.639. The van der Waals surface area contributed by atoms with E-state index in [4.69, 9.17) is 0 Å². The molecule has 0 aromatic heterocycles. The van der Waals surface area contributed by atoms with Gasteiger partial charge in [-0.05, 0) is 24.3 Å². The van der Waals surface area contributed by atoms with Crippen LogP contribution in [0, 0.1) is 11.8 Å². The van der Waals surface area contributed by atoms with Crippen LogP contribution in [0.5, 0.6) is 0 Å². The molecule has 96 valence electrons. The van der Waals surface area contributed by atoms with Gasteiger partial charge in [-0.15, -0.1) is 17.7 Å². The third-order valence-corrected chi connectivity index (χ3v) is 3.30. The van der Waals surface area contributed by atoms with E-state index in [0.717, 1.165) is 29.7 Å². The second kappa shape index (κ2) is 8.85. The van der Waals surface area contributed by atoms with Gasteiger partial charge in [-0.25, -0.2) is 0 Å². The first kappa shape index (κ1) is 14.9. The van der Waals surface area contributed by atoms with Crippen molar-refractivity contribution in [3.8, 4) is 11.8 Å². The van der Waals surface area contributed by atoms with Crippen molar-refractivity contribution in [3.63, 3.8) is 0 Å². The molecule has 0 amide bonds. The minimum Gasteiger partial charge on any atom is -0.377 e. The highest BCUT2D eigenvalue weighted by atomic mass is 32.2. The molecule has 0 bridgehead atoms. The summed E-state index contributed by atoms with van der Waals surface area (Å²) in [6.45, 7) is 2.14. The molecule has 1 aromatic carbocycles. The van der Waals surface area contributed by atoms with E-state index < -0.39 is 6.10 Å². The van der Waals surface area contributed by atoms with Gasteiger partial charge in [0.15, 0.2) is 0 Å². The third kappa shape index (κ3) is 5.44. The SMILES string of the molecule is CCCCC#CC(O)/C=C(\SC)c1ccccc1. The van der Waals surface area contributed by atoms with Crippen LogP contribution in [0.4, 0.5) is 0 Å². The van der Waals surface area contributed by atoms with Gasteiger partial charge in [-0.3, -0.25) is 0 Å². The molecule has 0 saturated heterocycles. The number of thioether (sulfide) groups is 1. The molecule has 18 heavy (non-hydrogen) atoms. The van der Waals surface area contributed by atoms with Crippen LogP contribution >= 0.6 is 11.8 Å². The molecule has 0 radical (unpaired) electrons. The summed E-state index contributed by atoms with van der Waals surface area (Å²) in [4.78, 5) is 1.06. The monoisotopic (exact) mass is 260 g/mol. The van der Waals surface area contributed by atoms with E-state index >= 15 is 0 Å². The molecular weight excluding hydrogens is 240 g/mol. The predicted molar refractivity (Wildman–Crippen MR) is 81.2 cm³/mol. The standard InChI is InChI=1S/C16H20OS/c1-3-4-5-9-12-15(17)13-16(18-2)14-10-7-6-8-11-14/h6-8,10-11,13,15,17H,3-5H2,1-2H3/b16-13-. The van der Waals surface area contributed by atoms with Crippen molar-refractivity contribution in [3.05, 3.63) is 42.0 Å². The molecule has 1 unspecified atom stereocenters. The minimum absolute atomic E-state index is 0.676. The number of aliphatic hydroxyl groups is 1. The van der Waals surface area contributed by atoms with Gasteiger partial charge in [-0.2, -0.15) is 0 Å². The Morgan fingerprint density at radius 3 is 2.72 bits per heavy atom. The Morgan fingerprint density at radius 1 is 1.39 bits per heavy atom. The van der Waals surface area contributed by atoms with Crippen molar-refractivity contribution < 1.29 is 5.11 Å². The van der Waals surface area contributed by atoms with E-state index in [-0.39, 0.29) is 0 Å². The van der Waals surface area contributed by atoms with Gasteiger partial charge in [0, 0.05) is 11.3 Å². The molecule has 0 aliphatic heterocycles. The molecule has 0 spiro atoms. The van der Waals surface area contributed by atoms with Crippen molar-refractivity contribution in [1.29, 1.82) is 0 Å². The number of unbranched alkanes of at least 4 members (excludes halogenated alkanes) is 2. The van der Waals surface area contributed by atoms with E-state index in [1.165, 1.54) is 0 Å². The molecule has 1 nitrogen and oxygen atoms in total. The molecule has 2 heteroatoms. The summed E-state index contributed by atoms with van der Waals surface area (Å²) in [7, 11) is 0. The maximum atomic E-state index is 9.85. The fourth-order valence-corrected chi connectivity index (χ4v) is 2.15. The number of rotatable bonds is 5. The average molecular weight is 260 g/mol. The van der Waals surface area contributed by atoms with Gasteiger partial charge in [0.1, 0.15) is 6.10 Å². The highest BCUT2D eigenvalue weighted by molar-refractivity contribution is 8.07. The lowest BCUT2D eigenvalue weighted by Crippen LogP contribution is -1.98. The van der Waals surface area contributed by atoms with Crippen LogP contribution in [-0.2, 0) is 0 Å². The first-order valence-electron chi connectivity index (χ1n) is 6.25. The maximum absolute atomic E-state index is 9.85. The van der Waals surface area contributed by atoms with E-state index in [9.17, 15) is 5.11 Å². The van der Waals surface area contributed by atoms with Gasteiger partial charge < -0.3 is 5.11 Å². The summed E-state index contributed by atoms with van der Waals surface area (Å²) >= 11 is 1.63. The molecule has 0 saturated carbocycles. The Labute approximate surface area is 114 Å². The summed E-state index contributed by atoms with van der Waals surface area (Å²) in [5, 5.41) is 9.85. The Hall–Kier alpha value is -1.17. The zero-order chi connectivity index (χ0) is 13.2. The van der Waals surface area contributed by atoms with Crippen LogP contribution in [0.25, 0.3) is 4.91 Å². The van der Waals surface area contributed by atoms with Crippen LogP contribution in [0.15, 0.2) is 36.4 Å². The zero-order valence-corrected chi connectivity index (χ0v) is 11.8. The molecule has 0 fully saturated rings.